The van der Waals surface area contributed by atoms with Crippen molar-refractivity contribution in [2.24, 2.45) is 5.92 Å². The highest BCUT2D eigenvalue weighted by Crippen LogP contribution is 2.28. The van der Waals surface area contributed by atoms with Gasteiger partial charge in [0.2, 0.25) is 0 Å². The minimum Gasteiger partial charge on any atom is -0.363 e. The second kappa shape index (κ2) is 7.04. The Morgan fingerprint density at radius 3 is 2.57 bits per heavy atom. The van der Waals surface area contributed by atoms with E-state index in [9.17, 15) is 0 Å². The lowest BCUT2D eigenvalue weighted by molar-refractivity contribution is 0.297. The predicted molar refractivity (Wildman–Crippen MR) is 65.5 cm³/mol. The summed E-state index contributed by atoms with van der Waals surface area (Å²) in [5.41, 5.74) is 0. The van der Waals surface area contributed by atoms with Crippen molar-refractivity contribution in [1.82, 2.24) is 10.6 Å². The van der Waals surface area contributed by atoms with Crippen LogP contribution in [0.1, 0.15) is 45.4 Å². The summed E-state index contributed by atoms with van der Waals surface area (Å²) in [5.74, 6) is 0.973. The highest BCUT2D eigenvalue weighted by molar-refractivity contribution is 7.80. The minimum atomic E-state index is 0.831. The zero-order valence-electron chi connectivity index (χ0n) is 9.14. The molecule has 3 heteroatoms. The summed E-state index contributed by atoms with van der Waals surface area (Å²) in [6, 6.07) is 0. The van der Waals surface area contributed by atoms with Crippen molar-refractivity contribution in [3.05, 3.63) is 0 Å². The van der Waals surface area contributed by atoms with E-state index in [1.807, 2.05) is 0 Å². The molecule has 0 unspecified atom stereocenters. The van der Waals surface area contributed by atoms with E-state index in [4.69, 9.17) is 12.2 Å². The fourth-order valence-corrected chi connectivity index (χ4v) is 1.82. The maximum Gasteiger partial charge on any atom is 0.166 e. The molecule has 0 saturated heterocycles. The van der Waals surface area contributed by atoms with E-state index in [-0.39, 0.29) is 0 Å². The van der Waals surface area contributed by atoms with E-state index in [0.717, 1.165) is 24.1 Å². The molecule has 1 aliphatic carbocycles. The van der Waals surface area contributed by atoms with Gasteiger partial charge < -0.3 is 10.6 Å². The summed E-state index contributed by atoms with van der Waals surface area (Å²) in [4.78, 5) is 0. The first-order chi connectivity index (χ1) is 6.83. The Morgan fingerprint density at radius 2 is 2.00 bits per heavy atom. The fraction of sp³-hybridized carbons (Fsp3) is 0.909. The Labute approximate surface area is 92.8 Å². The third-order valence-electron chi connectivity index (χ3n) is 2.88. The van der Waals surface area contributed by atoms with Crippen LogP contribution in [0.4, 0.5) is 0 Å². The van der Waals surface area contributed by atoms with Crippen LogP contribution in [0.25, 0.3) is 0 Å². The van der Waals surface area contributed by atoms with Crippen molar-refractivity contribution in [2.75, 3.05) is 13.1 Å². The highest BCUT2D eigenvalue weighted by atomic mass is 32.1. The second-order valence-corrected chi connectivity index (χ2v) is 4.53. The van der Waals surface area contributed by atoms with Crippen molar-refractivity contribution >= 4 is 17.3 Å². The number of rotatable bonds is 6. The van der Waals surface area contributed by atoms with Gasteiger partial charge in [-0.15, -0.1) is 0 Å². The summed E-state index contributed by atoms with van der Waals surface area (Å²) in [6.45, 7) is 4.24. The van der Waals surface area contributed by atoms with E-state index >= 15 is 0 Å². The predicted octanol–water partition coefficient (Wildman–Crippen LogP) is 2.44. The lowest BCUT2D eigenvalue weighted by Gasteiger charge is -2.25. The Bertz CT molecular complexity index is 167. The first kappa shape index (κ1) is 11.8. The first-order valence-electron chi connectivity index (χ1n) is 5.84. The Kier molecular flexibility index (Phi) is 5.92. The lowest BCUT2D eigenvalue weighted by atomic mass is 9.83. The van der Waals surface area contributed by atoms with Crippen LogP contribution >= 0.6 is 12.2 Å². The van der Waals surface area contributed by atoms with Gasteiger partial charge in [-0.25, -0.2) is 0 Å². The van der Waals surface area contributed by atoms with Crippen molar-refractivity contribution in [1.29, 1.82) is 0 Å². The molecule has 0 heterocycles. The van der Waals surface area contributed by atoms with Crippen LogP contribution in [0.2, 0.25) is 0 Å². The molecule has 0 aromatic carbocycles. The molecule has 0 aromatic heterocycles. The Hall–Kier alpha value is -0.310. The lowest BCUT2D eigenvalue weighted by Crippen LogP contribution is -2.37. The zero-order chi connectivity index (χ0) is 10.2. The first-order valence-corrected chi connectivity index (χ1v) is 6.25. The number of hydrogen-bond acceptors (Lipinski definition) is 1. The van der Waals surface area contributed by atoms with E-state index < -0.39 is 0 Å². The SMILES string of the molecule is CCCCNC(=S)NCCC1CCC1. The number of unbranched alkanes of at least 4 members (excludes halogenated alkanes) is 1. The topological polar surface area (TPSA) is 24.1 Å². The second-order valence-electron chi connectivity index (χ2n) is 4.12. The van der Waals surface area contributed by atoms with Gasteiger partial charge in [0.25, 0.3) is 0 Å². The summed E-state index contributed by atoms with van der Waals surface area (Å²) in [7, 11) is 0. The molecule has 82 valence electrons. The third-order valence-corrected chi connectivity index (χ3v) is 3.17. The molecule has 0 radical (unpaired) electrons. The zero-order valence-corrected chi connectivity index (χ0v) is 9.96. The average molecular weight is 214 g/mol. The van der Waals surface area contributed by atoms with Gasteiger partial charge in [-0.05, 0) is 31.0 Å². The van der Waals surface area contributed by atoms with Crippen LogP contribution in [-0.4, -0.2) is 18.2 Å². The number of hydrogen-bond donors (Lipinski definition) is 2. The van der Waals surface area contributed by atoms with E-state index in [1.54, 1.807) is 0 Å². The van der Waals surface area contributed by atoms with Gasteiger partial charge in [0, 0.05) is 13.1 Å². The van der Waals surface area contributed by atoms with Gasteiger partial charge in [0.1, 0.15) is 0 Å². The molecule has 0 aliphatic heterocycles. The maximum atomic E-state index is 5.15. The third kappa shape index (κ3) is 4.80. The van der Waals surface area contributed by atoms with Crippen LogP contribution in [0, 0.1) is 5.92 Å². The van der Waals surface area contributed by atoms with Gasteiger partial charge in [0.15, 0.2) is 5.11 Å². The normalized spacial score (nSPS) is 16.1. The van der Waals surface area contributed by atoms with Crippen LogP contribution in [-0.2, 0) is 0 Å². The molecule has 1 saturated carbocycles. The Balaban J connectivity index is 1.86. The van der Waals surface area contributed by atoms with E-state index in [2.05, 4.69) is 17.6 Å². The molecule has 1 fully saturated rings. The molecule has 0 amide bonds. The van der Waals surface area contributed by atoms with Gasteiger partial charge in [-0.3, -0.25) is 0 Å². The molecule has 2 nitrogen and oxygen atoms in total. The largest absolute Gasteiger partial charge is 0.363 e. The molecule has 0 bridgehead atoms. The van der Waals surface area contributed by atoms with Gasteiger partial charge >= 0.3 is 0 Å². The fourth-order valence-electron chi connectivity index (χ4n) is 1.61. The summed E-state index contributed by atoms with van der Waals surface area (Å²) >= 11 is 5.15. The average Bonchev–Trinajstić information content (AvgIpc) is 2.10. The summed E-state index contributed by atoms with van der Waals surface area (Å²) in [6.07, 6.45) is 8.00. The molecule has 0 spiro atoms. The van der Waals surface area contributed by atoms with Gasteiger partial charge in [-0.1, -0.05) is 32.6 Å². The number of nitrogens with one attached hydrogen (secondary N) is 2. The summed E-state index contributed by atoms with van der Waals surface area (Å²) in [5, 5.41) is 7.31. The molecule has 0 aromatic rings. The van der Waals surface area contributed by atoms with Crippen molar-refractivity contribution in [2.45, 2.75) is 45.4 Å². The minimum absolute atomic E-state index is 0.831. The molecular weight excluding hydrogens is 192 g/mol. The molecule has 1 aliphatic rings. The van der Waals surface area contributed by atoms with Crippen molar-refractivity contribution in [3.63, 3.8) is 0 Å². The standard InChI is InChI=1S/C11H22N2S/c1-2-3-8-12-11(14)13-9-7-10-5-4-6-10/h10H,2-9H2,1H3,(H2,12,13,14). The molecule has 2 N–H and O–H groups in total. The smallest absolute Gasteiger partial charge is 0.166 e. The van der Waals surface area contributed by atoms with Crippen LogP contribution in [0.5, 0.6) is 0 Å². The van der Waals surface area contributed by atoms with Gasteiger partial charge in [0.05, 0.1) is 0 Å². The van der Waals surface area contributed by atoms with Crippen molar-refractivity contribution < 1.29 is 0 Å². The van der Waals surface area contributed by atoms with Crippen LogP contribution < -0.4 is 10.6 Å². The summed E-state index contributed by atoms with van der Waals surface area (Å²) < 4.78 is 0. The monoisotopic (exact) mass is 214 g/mol. The maximum absolute atomic E-state index is 5.15. The van der Waals surface area contributed by atoms with Crippen LogP contribution in [0.15, 0.2) is 0 Å². The van der Waals surface area contributed by atoms with Gasteiger partial charge in [-0.2, -0.15) is 0 Å². The number of thiocarbonyl (C=S) groups is 1. The van der Waals surface area contributed by atoms with Crippen LogP contribution in [0.3, 0.4) is 0 Å². The van der Waals surface area contributed by atoms with Crippen molar-refractivity contribution in [3.8, 4) is 0 Å². The highest BCUT2D eigenvalue weighted by Gasteiger charge is 2.16. The Morgan fingerprint density at radius 1 is 1.29 bits per heavy atom. The van der Waals surface area contributed by atoms with E-state index in [1.165, 1.54) is 38.5 Å². The quantitative estimate of drug-likeness (QED) is 0.524. The molecule has 0 atom stereocenters. The molecular formula is C11H22N2S. The van der Waals surface area contributed by atoms with E-state index in [0.29, 0.717) is 0 Å². The molecule has 14 heavy (non-hydrogen) atoms. The molecule has 1 rings (SSSR count).